The maximum atomic E-state index is 11.8. The van der Waals surface area contributed by atoms with Gasteiger partial charge in [-0.2, -0.15) is 0 Å². The summed E-state index contributed by atoms with van der Waals surface area (Å²) in [6.07, 6.45) is 8.70. The molecule has 0 fully saturated rings. The summed E-state index contributed by atoms with van der Waals surface area (Å²) >= 11 is 0. The quantitative estimate of drug-likeness (QED) is 0.640. The van der Waals surface area contributed by atoms with Crippen LogP contribution in [0, 0.1) is 0 Å². The summed E-state index contributed by atoms with van der Waals surface area (Å²) in [4.78, 5) is 22.8. The zero-order valence-electron chi connectivity index (χ0n) is 14.4. The minimum absolute atomic E-state index is 0.0776. The Morgan fingerprint density at radius 1 is 1.04 bits per heavy atom. The number of benzene rings is 1. The van der Waals surface area contributed by atoms with Crippen LogP contribution in [-0.4, -0.2) is 24.9 Å². The van der Waals surface area contributed by atoms with Crippen molar-refractivity contribution >= 4 is 23.2 Å². The Bertz CT molecular complexity index is 579. The molecule has 0 bridgehead atoms. The van der Waals surface area contributed by atoms with Gasteiger partial charge in [0.25, 0.3) is 0 Å². The fraction of sp³-hybridized carbons (Fsp3) is 0.474. The van der Waals surface area contributed by atoms with Crippen LogP contribution in [0.25, 0.3) is 0 Å². The van der Waals surface area contributed by atoms with Gasteiger partial charge in [-0.1, -0.05) is 11.6 Å². The van der Waals surface area contributed by atoms with E-state index < -0.39 is 0 Å². The molecule has 2 rings (SSSR count). The molecule has 130 valence electrons. The number of hydrogen-bond donors (Lipinski definition) is 3. The predicted octanol–water partition coefficient (Wildman–Crippen LogP) is 3.45. The van der Waals surface area contributed by atoms with Crippen LogP contribution in [-0.2, 0) is 9.59 Å². The van der Waals surface area contributed by atoms with E-state index in [9.17, 15) is 9.59 Å². The number of anilines is 2. The van der Waals surface area contributed by atoms with E-state index in [0.29, 0.717) is 13.0 Å². The SMILES string of the molecule is CC(=O)Nc1ccc(NCCC(=O)NCCC2=CCCCC2)cc1. The molecule has 2 amide bonds. The van der Waals surface area contributed by atoms with E-state index in [4.69, 9.17) is 0 Å². The number of amides is 2. The number of allylic oxidation sites excluding steroid dienone is 1. The normalized spacial score (nSPS) is 13.8. The van der Waals surface area contributed by atoms with Crippen LogP contribution in [0.15, 0.2) is 35.9 Å². The topological polar surface area (TPSA) is 70.2 Å². The van der Waals surface area contributed by atoms with Crippen molar-refractivity contribution in [2.45, 2.75) is 45.4 Å². The molecule has 5 nitrogen and oxygen atoms in total. The lowest BCUT2D eigenvalue weighted by Gasteiger charge is -2.13. The summed E-state index contributed by atoms with van der Waals surface area (Å²) in [6, 6.07) is 7.45. The lowest BCUT2D eigenvalue weighted by Crippen LogP contribution is -2.26. The molecular weight excluding hydrogens is 302 g/mol. The Kier molecular flexibility index (Phi) is 7.33. The highest BCUT2D eigenvalue weighted by Crippen LogP contribution is 2.19. The molecular formula is C19H27N3O2. The van der Waals surface area contributed by atoms with E-state index in [1.165, 1.54) is 38.2 Å². The fourth-order valence-corrected chi connectivity index (χ4v) is 2.78. The molecule has 1 aromatic carbocycles. The molecule has 0 aliphatic heterocycles. The van der Waals surface area contributed by atoms with Crippen LogP contribution in [0.1, 0.15) is 45.4 Å². The van der Waals surface area contributed by atoms with Crippen LogP contribution < -0.4 is 16.0 Å². The predicted molar refractivity (Wildman–Crippen MR) is 98.0 cm³/mol. The monoisotopic (exact) mass is 329 g/mol. The molecule has 0 saturated heterocycles. The Morgan fingerprint density at radius 2 is 1.79 bits per heavy atom. The average Bonchev–Trinajstić information content (AvgIpc) is 2.57. The molecule has 0 atom stereocenters. The lowest BCUT2D eigenvalue weighted by atomic mass is 9.97. The molecule has 24 heavy (non-hydrogen) atoms. The van der Waals surface area contributed by atoms with Crippen LogP contribution in [0.3, 0.4) is 0 Å². The molecule has 1 aliphatic carbocycles. The zero-order valence-corrected chi connectivity index (χ0v) is 14.4. The first kappa shape index (κ1) is 18.0. The molecule has 0 aromatic heterocycles. The Balaban J connectivity index is 1.60. The van der Waals surface area contributed by atoms with Crippen molar-refractivity contribution in [3.8, 4) is 0 Å². The van der Waals surface area contributed by atoms with E-state index >= 15 is 0 Å². The van der Waals surface area contributed by atoms with E-state index in [2.05, 4.69) is 22.0 Å². The third-order valence-electron chi connectivity index (χ3n) is 4.04. The van der Waals surface area contributed by atoms with Crippen LogP contribution in [0.5, 0.6) is 0 Å². The molecule has 0 heterocycles. The average molecular weight is 329 g/mol. The van der Waals surface area contributed by atoms with Crippen molar-refractivity contribution in [1.82, 2.24) is 5.32 Å². The standard InChI is InChI=1S/C19H27N3O2/c1-15(23)22-18-9-7-17(8-10-18)20-14-12-19(24)21-13-11-16-5-3-2-4-6-16/h5,7-10,20H,2-4,6,11-14H2,1H3,(H,21,24)(H,22,23). The number of carbonyl (C=O) groups is 2. The van der Waals surface area contributed by atoms with E-state index in [1.54, 1.807) is 0 Å². The largest absolute Gasteiger partial charge is 0.385 e. The van der Waals surface area contributed by atoms with Gasteiger partial charge in [-0.3, -0.25) is 9.59 Å². The highest BCUT2D eigenvalue weighted by atomic mass is 16.2. The molecule has 1 aromatic rings. The second-order valence-corrected chi connectivity index (χ2v) is 6.14. The van der Waals surface area contributed by atoms with Crippen molar-refractivity contribution in [2.75, 3.05) is 23.7 Å². The van der Waals surface area contributed by atoms with Crippen LogP contribution in [0.2, 0.25) is 0 Å². The van der Waals surface area contributed by atoms with Gasteiger partial charge in [0.05, 0.1) is 0 Å². The molecule has 5 heteroatoms. The molecule has 1 aliphatic rings. The summed E-state index contributed by atoms with van der Waals surface area (Å²) in [5.74, 6) is -0.00912. The smallest absolute Gasteiger partial charge is 0.221 e. The van der Waals surface area contributed by atoms with Crippen molar-refractivity contribution in [2.24, 2.45) is 0 Å². The van der Waals surface area contributed by atoms with Gasteiger partial charge in [0.15, 0.2) is 0 Å². The third kappa shape index (κ3) is 6.86. The van der Waals surface area contributed by atoms with E-state index in [1.807, 2.05) is 24.3 Å². The van der Waals surface area contributed by atoms with Crippen molar-refractivity contribution in [1.29, 1.82) is 0 Å². The van der Waals surface area contributed by atoms with E-state index in [-0.39, 0.29) is 11.8 Å². The minimum Gasteiger partial charge on any atom is -0.385 e. The second kappa shape index (κ2) is 9.75. The van der Waals surface area contributed by atoms with Gasteiger partial charge >= 0.3 is 0 Å². The summed E-state index contributed by atoms with van der Waals surface area (Å²) in [6.45, 7) is 2.81. The number of carbonyl (C=O) groups excluding carboxylic acids is 2. The molecule has 3 N–H and O–H groups in total. The minimum atomic E-state index is -0.0867. The fourth-order valence-electron chi connectivity index (χ4n) is 2.78. The molecule has 0 radical (unpaired) electrons. The summed E-state index contributed by atoms with van der Waals surface area (Å²) in [7, 11) is 0. The van der Waals surface area contributed by atoms with Gasteiger partial charge in [-0.15, -0.1) is 0 Å². The highest BCUT2D eigenvalue weighted by Gasteiger charge is 2.05. The van der Waals surface area contributed by atoms with Crippen LogP contribution >= 0.6 is 0 Å². The summed E-state index contributed by atoms with van der Waals surface area (Å²) in [5, 5.41) is 8.91. The third-order valence-corrected chi connectivity index (χ3v) is 4.04. The maximum absolute atomic E-state index is 11.8. The Morgan fingerprint density at radius 3 is 2.46 bits per heavy atom. The van der Waals surface area contributed by atoms with Gasteiger partial charge in [-0.25, -0.2) is 0 Å². The first-order valence-corrected chi connectivity index (χ1v) is 8.69. The maximum Gasteiger partial charge on any atom is 0.221 e. The van der Waals surface area contributed by atoms with Gasteiger partial charge in [0, 0.05) is 37.8 Å². The van der Waals surface area contributed by atoms with Crippen molar-refractivity contribution in [3.05, 3.63) is 35.9 Å². The Labute approximate surface area is 143 Å². The Hall–Kier alpha value is -2.30. The van der Waals surface area contributed by atoms with Gasteiger partial charge in [0.2, 0.25) is 11.8 Å². The molecule has 0 saturated carbocycles. The zero-order chi connectivity index (χ0) is 17.2. The van der Waals surface area contributed by atoms with E-state index in [0.717, 1.165) is 24.3 Å². The van der Waals surface area contributed by atoms with Crippen molar-refractivity contribution in [3.63, 3.8) is 0 Å². The molecule has 0 spiro atoms. The van der Waals surface area contributed by atoms with Crippen molar-refractivity contribution < 1.29 is 9.59 Å². The number of rotatable bonds is 8. The molecule has 0 unspecified atom stereocenters. The first-order valence-electron chi connectivity index (χ1n) is 8.69. The second-order valence-electron chi connectivity index (χ2n) is 6.14. The highest BCUT2D eigenvalue weighted by molar-refractivity contribution is 5.88. The van der Waals surface area contributed by atoms with Gasteiger partial charge in [-0.05, 0) is 56.4 Å². The number of hydrogen-bond acceptors (Lipinski definition) is 3. The summed E-state index contributed by atoms with van der Waals surface area (Å²) in [5.41, 5.74) is 3.19. The van der Waals surface area contributed by atoms with Crippen LogP contribution in [0.4, 0.5) is 11.4 Å². The van der Waals surface area contributed by atoms with Gasteiger partial charge in [0.1, 0.15) is 0 Å². The first-order chi connectivity index (χ1) is 11.6. The lowest BCUT2D eigenvalue weighted by molar-refractivity contribution is -0.120. The number of nitrogens with one attached hydrogen (secondary N) is 3. The van der Waals surface area contributed by atoms with Gasteiger partial charge < -0.3 is 16.0 Å². The summed E-state index contributed by atoms with van der Waals surface area (Å²) < 4.78 is 0.